The molecule has 14 nitrogen and oxygen atoms in total. The highest BCUT2D eigenvalue weighted by molar-refractivity contribution is 5.88. The number of rotatable bonds is 7. The van der Waals surface area contributed by atoms with Gasteiger partial charge in [0.05, 0.1) is 11.9 Å². The van der Waals surface area contributed by atoms with Crippen molar-refractivity contribution < 1.29 is 24.9 Å². The van der Waals surface area contributed by atoms with Crippen molar-refractivity contribution in [3.8, 4) is 11.5 Å². The van der Waals surface area contributed by atoms with Crippen LogP contribution in [0.5, 0.6) is 11.5 Å². The van der Waals surface area contributed by atoms with E-state index in [1.165, 1.54) is 61.0 Å². The molecule has 0 aliphatic rings. The minimum atomic E-state index is -0.942. The Bertz CT molecular complexity index is 1950. The van der Waals surface area contributed by atoms with E-state index in [1.54, 1.807) is 42.9 Å². The Hall–Kier alpha value is -5.76. The lowest BCUT2D eigenvalue weighted by Gasteiger charge is -2.26. The Morgan fingerprint density at radius 2 is 1.60 bits per heavy atom. The predicted octanol–water partition coefficient (Wildman–Crippen LogP) is 4.18. The number of carboxylic acid groups (broad SMARTS) is 1. The standard InChI is InChI=1S/C14H23NO.C8H10N4O2.C8H9NO2.C6H5NO2/c1-5-14(11(2)10-15(3)4)12-7-6-8-13(16)9-12;1-10-4-9-6-5(10)7(13)12(3)8(14)11(6)2;1-6(10)9-7-2-4-8(11)5-3-7;8-6(9)5-2-1-3-7-4-5/h6-9,11,14,16H,5,10H2,1-4H3;4H,1-3H3;2-5,11H,1H3,(H,9,10);1-4H,(H,8,9)/t11-,14+;;;/m0.../s1. The van der Waals surface area contributed by atoms with Crippen LogP contribution in [-0.4, -0.2) is 76.4 Å². The molecule has 0 saturated heterocycles. The van der Waals surface area contributed by atoms with E-state index < -0.39 is 5.97 Å². The number of phenols is 2. The molecule has 0 aliphatic heterocycles. The molecule has 0 fully saturated rings. The quantitative estimate of drug-likeness (QED) is 0.181. The first-order valence-corrected chi connectivity index (χ1v) is 15.8. The van der Waals surface area contributed by atoms with Crippen LogP contribution in [0.15, 0.2) is 89.0 Å². The lowest BCUT2D eigenvalue weighted by atomic mass is 9.85. The number of pyridine rings is 1. The van der Waals surface area contributed by atoms with Crippen molar-refractivity contribution in [3.63, 3.8) is 0 Å². The summed E-state index contributed by atoms with van der Waals surface area (Å²) in [5, 5.41) is 29.3. The summed E-state index contributed by atoms with van der Waals surface area (Å²) in [6.45, 7) is 7.00. The van der Waals surface area contributed by atoms with Gasteiger partial charge in [-0.25, -0.2) is 14.6 Å². The third-order valence-corrected chi connectivity index (χ3v) is 7.49. The van der Waals surface area contributed by atoms with E-state index in [0.29, 0.717) is 34.4 Å². The van der Waals surface area contributed by atoms with Crippen LogP contribution in [0.3, 0.4) is 0 Å². The fourth-order valence-corrected chi connectivity index (χ4v) is 5.13. The number of hydrogen-bond donors (Lipinski definition) is 4. The summed E-state index contributed by atoms with van der Waals surface area (Å²) >= 11 is 0. The summed E-state index contributed by atoms with van der Waals surface area (Å²) in [7, 11) is 8.98. The third-order valence-electron chi connectivity index (χ3n) is 7.49. The fraction of sp³-hybridized carbons (Fsp3) is 0.333. The zero-order valence-electron chi connectivity index (χ0n) is 29.7. The molecular weight excluding hydrogens is 642 g/mol. The van der Waals surface area contributed by atoms with Crippen LogP contribution in [0.1, 0.15) is 49.0 Å². The maximum Gasteiger partial charge on any atom is 0.337 e. The molecule has 0 aliphatic carbocycles. The average molecular weight is 690 g/mol. The molecule has 3 heterocycles. The Kier molecular flexibility index (Phi) is 15.6. The van der Waals surface area contributed by atoms with E-state index >= 15 is 0 Å². The van der Waals surface area contributed by atoms with E-state index in [4.69, 9.17) is 10.2 Å². The lowest BCUT2D eigenvalue weighted by molar-refractivity contribution is -0.114. The number of carbonyl (C=O) groups is 2. The molecule has 50 heavy (non-hydrogen) atoms. The minimum Gasteiger partial charge on any atom is -0.508 e. The number of aryl methyl sites for hydroxylation is 2. The number of amides is 1. The molecule has 0 spiro atoms. The van der Waals surface area contributed by atoms with Crippen molar-refractivity contribution in [2.75, 3.05) is 26.0 Å². The Morgan fingerprint density at radius 3 is 2.10 bits per heavy atom. The van der Waals surface area contributed by atoms with Crippen LogP contribution in [0.4, 0.5) is 5.69 Å². The number of aromatic carboxylic acids is 1. The molecule has 5 aromatic rings. The zero-order valence-corrected chi connectivity index (χ0v) is 29.7. The van der Waals surface area contributed by atoms with Gasteiger partial charge in [0, 0.05) is 52.7 Å². The van der Waals surface area contributed by atoms with Gasteiger partial charge >= 0.3 is 11.7 Å². The number of hydrogen-bond acceptors (Lipinski definition) is 9. The number of nitrogens with zero attached hydrogens (tertiary/aromatic N) is 6. The van der Waals surface area contributed by atoms with Crippen molar-refractivity contribution in [1.29, 1.82) is 0 Å². The molecule has 268 valence electrons. The van der Waals surface area contributed by atoms with Gasteiger partial charge in [-0.2, -0.15) is 0 Å². The summed E-state index contributed by atoms with van der Waals surface area (Å²) < 4.78 is 4.04. The maximum absolute atomic E-state index is 11.7. The largest absolute Gasteiger partial charge is 0.508 e. The number of carboxylic acids is 1. The van der Waals surface area contributed by atoms with Crippen molar-refractivity contribution in [1.82, 2.24) is 28.6 Å². The zero-order chi connectivity index (χ0) is 37.5. The van der Waals surface area contributed by atoms with Gasteiger partial charge in [0.2, 0.25) is 5.91 Å². The van der Waals surface area contributed by atoms with Crippen molar-refractivity contribution in [3.05, 3.63) is 111 Å². The van der Waals surface area contributed by atoms with Gasteiger partial charge in [-0.1, -0.05) is 26.0 Å². The normalized spacial score (nSPS) is 11.5. The Morgan fingerprint density at radius 1 is 0.940 bits per heavy atom. The fourth-order valence-electron chi connectivity index (χ4n) is 5.13. The number of anilines is 1. The van der Waals surface area contributed by atoms with Crippen molar-refractivity contribution in [2.45, 2.75) is 33.1 Å². The number of benzene rings is 2. The van der Waals surface area contributed by atoms with Crippen LogP contribution in [0.25, 0.3) is 11.2 Å². The average Bonchev–Trinajstić information content (AvgIpc) is 3.46. The second-order valence-electron chi connectivity index (χ2n) is 11.9. The summed E-state index contributed by atoms with van der Waals surface area (Å²) in [6.07, 6.45) is 5.47. The van der Waals surface area contributed by atoms with Gasteiger partial charge < -0.3 is 30.1 Å². The molecular formula is C36H47N7O7. The molecule has 0 radical (unpaired) electrons. The van der Waals surface area contributed by atoms with Gasteiger partial charge in [0.1, 0.15) is 11.5 Å². The van der Waals surface area contributed by atoms with E-state index in [0.717, 1.165) is 17.5 Å². The van der Waals surface area contributed by atoms with E-state index in [2.05, 4.69) is 54.2 Å². The number of fused-ring (bicyclic) bond motifs is 1. The highest BCUT2D eigenvalue weighted by atomic mass is 16.4. The summed E-state index contributed by atoms with van der Waals surface area (Å²) in [4.78, 5) is 53.7. The first-order valence-electron chi connectivity index (χ1n) is 15.8. The van der Waals surface area contributed by atoms with Crippen LogP contribution < -0.4 is 16.6 Å². The number of aromatic hydroxyl groups is 2. The molecule has 5 rings (SSSR count). The Labute approximate surface area is 290 Å². The first kappa shape index (κ1) is 40.4. The molecule has 0 unspecified atom stereocenters. The summed E-state index contributed by atoms with van der Waals surface area (Å²) in [6, 6.07) is 17.0. The summed E-state index contributed by atoms with van der Waals surface area (Å²) in [5.41, 5.74) is 2.34. The lowest BCUT2D eigenvalue weighted by Crippen LogP contribution is -2.37. The maximum atomic E-state index is 11.7. The minimum absolute atomic E-state index is 0.115. The first-order chi connectivity index (χ1) is 23.6. The van der Waals surface area contributed by atoms with E-state index in [-0.39, 0.29) is 28.5 Å². The summed E-state index contributed by atoms with van der Waals surface area (Å²) in [5.74, 6) is 0.627. The molecule has 3 aromatic heterocycles. The predicted molar refractivity (Wildman–Crippen MR) is 194 cm³/mol. The smallest absolute Gasteiger partial charge is 0.337 e. The second-order valence-corrected chi connectivity index (χ2v) is 11.9. The van der Waals surface area contributed by atoms with Crippen molar-refractivity contribution >= 4 is 28.7 Å². The van der Waals surface area contributed by atoms with Crippen LogP contribution in [0.2, 0.25) is 0 Å². The second kappa shape index (κ2) is 19.3. The molecule has 0 bridgehead atoms. The van der Waals surface area contributed by atoms with Gasteiger partial charge in [0.15, 0.2) is 11.2 Å². The number of nitrogens with one attached hydrogen (secondary N) is 1. The molecule has 14 heteroatoms. The van der Waals surface area contributed by atoms with E-state index in [9.17, 15) is 24.3 Å². The molecule has 4 N–H and O–H groups in total. The highest BCUT2D eigenvalue weighted by Crippen LogP contribution is 2.30. The van der Waals surface area contributed by atoms with Crippen LogP contribution >= 0.6 is 0 Å². The molecule has 0 saturated carbocycles. The third kappa shape index (κ3) is 12.0. The molecule has 1 amide bonds. The SMILES string of the molecule is CC(=O)Nc1ccc(O)cc1.CC[C@@H](c1cccc(O)c1)[C@@H](C)CN(C)C.Cn1c(=O)c2c(ncn2C)n(C)c1=O.O=C(O)c1cccnc1. The number of carbonyl (C=O) groups excluding carboxylic acids is 1. The van der Waals surface area contributed by atoms with Crippen molar-refractivity contribution in [2.24, 2.45) is 27.1 Å². The highest BCUT2D eigenvalue weighted by Gasteiger charge is 2.18. The topological polar surface area (TPSA) is 185 Å². The van der Waals surface area contributed by atoms with Gasteiger partial charge in [-0.15, -0.1) is 0 Å². The monoisotopic (exact) mass is 689 g/mol. The number of phenolic OH excluding ortho intramolecular Hbond substituents is 2. The van der Waals surface area contributed by atoms with Crippen LogP contribution in [-0.2, 0) is 25.9 Å². The van der Waals surface area contributed by atoms with Crippen LogP contribution in [0, 0.1) is 5.92 Å². The van der Waals surface area contributed by atoms with Gasteiger partial charge in [0.25, 0.3) is 5.56 Å². The van der Waals surface area contributed by atoms with Gasteiger partial charge in [-0.3, -0.25) is 23.7 Å². The number of imidazole rings is 1. The Balaban J connectivity index is 0.000000236. The van der Waals surface area contributed by atoms with Gasteiger partial charge in [-0.05, 0) is 86.4 Å². The van der Waals surface area contributed by atoms with E-state index in [1.807, 2.05) is 12.1 Å². The number of aromatic nitrogens is 5. The molecule has 2 aromatic carbocycles. The molecule has 2 atom stereocenters.